The Labute approximate surface area is 150 Å². The van der Waals surface area contributed by atoms with Crippen molar-refractivity contribution >= 4 is 16.7 Å². The van der Waals surface area contributed by atoms with Crippen LogP contribution in [-0.4, -0.2) is 34.0 Å². The van der Waals surface area contributed by atoms with Crippen molar-refractivity contribution in [3.8, 4) is 28.6 Å². The molecule has 0 atom stereocenters. The number of benzene rings is 2. The van der Waals surface area contributed by atoms with Gasteiger partial charge in [0, 0.05) is 23.1 Å². The molecule has 130 valence electrons. The second-order valence-corrected chi connectivity index (χ2v) is 5.65. The van der Waals surface area contributed by atoms with Gasteiger partial charge >= 0.3 is 0 Å². The number of nitrogen functional groups attached to an aromatic ring is 1. The topological polar surface area (TPSA) is 88.1 Å². The van der Waals surface area contributed by atoms with Crippen LogP contribution in [0.5, 0.6) is 11.5 Å². The van der Waals surface area contributed by atoms with Crippen molar-refractivity contribution in [2.24, 2.45) is 0 Å². The summed E-state index contributed by atoms with van der Waals surface area (Å²) in [5.74, 6) is 2.25. The number of rotatable bonds is 4. The maximum Gasteiger partial charge on any atom is 0.167 e. The number of anilines is 1. The number of aromatic nitrogens is 4. The molecule has 26 heavy (non-hydrogen) atoms. The molecule has 0 saturated carbocycles. The van der Waals surface area contributed by atoms with Gasteiger partial charge in [-0.25, -0.2) is 9.97 Å². The summed E-state index contributed by atoms with van der Waals surface area (Å²) in [4.78, 5) is 8.71. The van der Waals surface area contributed by atoms with E-state index in [1.807, 2.05) is 42.5 Å². The van der Waals surface area contributed by atoms with E-state index in [0.717, 1.165) is 16.6 Å². The van der Waals surface area contributed by atoms with Crippen LogP contribution < -0.4 is 15.2 Å². The Morgan fingerprint density at radius 3 is 2.38 bits per heavy atom. The molecule has 0 bridgehead atoms. The highest BCUT2D eigenvalue weighted by molar-refractivity contribution is 5.88. The van der Waals surface area contributed by atoms with E-state index in [0.29, 0.717) is 28.7 Å². The van der Waals surface area contributed by atoms with E-state index in [1.54, 1.807) is 25.0 Å². The molecule has 0 fully saturated rings. The zero-order chi connectivity index (χ0) is 18.1. The molecule has 2 aromatic carbocycles. The van der Waals surface area contributed by atoms with Crippen LogP contribution in [0.25, 0.3) is 28.0 Å². The molecular weight excluding hydrogens is 330 g/mol. The van der Waals surface area contributed by atoms with Gasteiger partial charge in [-0.15, -0.1) is 0 Å². The lowest BCUT2D eigenvalue weighted by atomic mass is 10.2. The Balaban J connectivity index is 1.91. The molecule has 2 aromatic heterocycles. The predicted molar refractivity (Wildman–Crippen MR) is 99.6 cm³/mol. The lowest BCUT2D eigenvalue weighted by Gasteiger charge is -2.11. The van der Waals surface area contributed by atoms with Gasteiger partial charge in [0.2, 0.25) is 0 Å². The first kappa shape index (κ1) is 15.9. The summed E-state index contributed by atoms with van der Waals surface area (Å²) in [6.45, 7) is 0. The number of hydrogen-bond acceptors (Lipinski definition) is 6. The van der Waals surface area contributed by atoms with Crippen LogP contribution in [0, 0.1) is 0 Å². The second kappa shape index (κ2) is 6.36. The van der Waals surface area contributed by atoms with Gasteiger partial charge in [0.05, 0.1) is 25.4 Å². The summed E-state index contributed by atoms with van der Waals surface area (Å²) in [6.07, 6.45) is 1.48. The number of hydrogen-bond donors (Lipinski definition) is 1. The molecule has 0 aliphatic rings. The van der Waals surface area contributed by atoms with Crippen molar-refractivity contribution in [1.29, 1.82) is 0 Å². The maximum atomic E-state index is 6.21. The van der Waals surface area contributed by atoms with Crippen molar-refractivity contribution in [3.63, 3.8) is 0 Å². The van der Waals surface area contributed by atoms with Crippen LogP contribution >= 0.6 is 0 Å². The summed E-state index contributed by atoms with van der Waals surface area (Å²) in [5, 5.41) is 5.39. The molecular formula is C19H17N5O2. The molecule has 0 unspecified atom stereocenters. The van der Waals surface area contributed by atoms with Gasteiger partial charge in [0.25, 0.3) is 0 Å². The summed E-state index contributed by atoms with van der Waals surface area (Å²) in [5.41, 5.74) is 8.68. The smallest absolute Gasteiger partial charge is 0.167 e. The minimum absolute atomic E-state index is 0.485. The van der Waals surface area contributed by atoms with Crippen LogP contribution in [0.2, 0.25) is 0 Å². The first-order valence-electron chi connectivity index (χ1n) is 7.99. The molecule has 0 radical (unpaired) electrons. The second-order valence-electron chi connectivity index (χ2n) is 5.65. The van der Waals surface area contributed by atoms with Gasteiger partial charge in [-0.1, -0.05) is 30.3 Å². The van der Waals surface area contributed by atoms with Crippen LogP contribution in [0.15, 0.2) is 54.9 Å². The zero-order valence-corrected chi connectivity index (χ0v) is 14.4. The highest BCUT2D eigenvalue weighted by Crippen LogP contribution is 2.34. The van der Waals surface area contributed by atoms with Crippen molar-refractivity contribution in [2.45, 2.75) is 0 Å². The van der Waals surface area contributed by atoms with E-state index in [1.165, 1.54) is 6.33 Å². The lowest BCUT2D eigenvalue weighted by molar-refractivity contribution is 0.355. The number of nitrogens with two attached hydrogens (primary N) is 1. The molecule has 0 aliphatic carbocycles. The van der Waals surface area contributed by atoms with Crippen LogP contribution in [0.1, 0.15) is 0 Å². The fraction of sp³-hybridized carbons (Fsp3) is 0.105. The summed E-state index contributed by atoms with van der Waals surface area (Å²) in [6, 6.07) is 15.3. The third-order valence-electron chi connectivity index (χ3n) is 4.13. The number of fused-ring (bicyclic) bond motifs is 1. The molecule has 4 rings (SSSR count). The molecule has 0 aliphatic heterocycles. The van der Waals surface area contributed by atoms with Gasteiger partial charge in [-0.05, 0) is 6.07 Å². The third kappa shape index (κ3) is 2.59. The molecule has 4 aromatic rings. The Morgan fingerprint density at radius 1 is 0.923 bits per heavy atom. The first-order valence-corrected chi connectivity index (χ1v) is 7.99. The van der Waals surface area contributed by atoms with Crippen LogP contribution in [-0.2, 0) is 0 Å². The predicted octanol–water partition coefficient (Wildman–Crippen LogP) is 3.08. The van der Waals surface area contributed by atoms with Gasteiger partial charge in [0.1, 0.15) is 12.1 Å². The van der Waals surface area contributed by atoms with E-state index in [-0.39, 0.29) is 0 Å². The Kier molecular flexibility index (Phi) is 3.89. The largest absolute Gasteiger partial charge is 0.493 e. The van der Waals surface area contributed by atoms with Gasteiger partial charge in [-0.2, -0.15) is 9.78 Å². The fourth-order valence-electron chi connectivity index (χ4n) is 2.85. The SMILES string of the molecule is COc1cc2ncnc(-n3nc(-c4ccccc4)cc3N)c2cc1OC. The maximum absolute atomic E-state index is 6.21. The number of nitrogens with zero attached hydrogens (tertiary/aromatic N) is 4. The Bertz CT molecular complexity index is 1080. The van der Waals surface area contributed by atoms with Gasteiger partial charge < -0.3 is 15.2 Å². The Hall–Kier alpha value is -3.61. The van der Waals surface area contributed by atoms with Crippen LogP contribution in [0.4, 0.5) is 5.82 Å². The summed E-state index contributed by atoms with van der Waals surface area (Å²) < 4.78 is 12.4. The molecule has 7 heteroatoms. The molecule has 0 saturated heterocycles. The van der Waals surface area contributed by atoms with Crippen molar-refractivity contribution in [3.05, 3.63) is 54.9 Å². The average molecular weight is 347 g/mol. The van der Waals surface area contributed by atoms with E-state index < -0.39 is 0 Å². The van der Waals surface area contributed by atoms with Crippen molar-refractivity contribution < 1.29 is 9.47 Å². The van der Waals surface area contributed by atoms with Crippen molar-refractivity contribution in [2.75, 3.05) is 20.0 Å². The van der Waals surface area contributed by atoms with E-state index >= 15 is 0 Å². The molecule has 0 amide bonds. The average Bonchev–Trinajstić information content (AvgIpc) is 3.08. The minimum Gasteiger partial charge on any atom is -0.493 e. The quantitative estimate of drug-likeness (QED) is 0.610. The lowest BCUT2D eigenvalue weighted by Crippen LogP contribution is -2.05. The van der Waals surface area contributed by atoms with E-state index in [9.17, 15) is 0 Å². The number of methoxy groups -OCH3 is 2. The first-order chi connectivity index (χ1) is 12.7. The molecule has 0 spiro atoms. The minimum atomic E-state index is 0.485. The molecule has 7 nitrogen and oxygen atoms in total. The van der Waals surface area contributed by atoms with Crippen molar-refractivity contribution in [1.82, 2.24) is 19.7 Å². The molecule has 2 heterocycles. The Morgan fingerprint density at radius 2 is 1.65 bits per heavy atom. The van der Waals surface area contributed by atoms with Gasteiger partial charge in [-0.3, -0.25) is 0 Å². The number of ether oxygens (including phenoxy) is 2. The third-order valence-corrected chi connectivity index (χ3v) is 4.13. The monoisotopic (exact) mass is 347 g/mol. The normalized spacial score (nSPS) is 10.8. The van der Waals surface area contributed by atoms with Gasteiger partial charge in [0.15, 0.2) is 17.3 Å². The zero-order valence-electron chi connectivity index (χ0n) is 14.4. The highest BCUT2D eigenvalue weighted by atomic mass is 16.5. The standard InChI is InChI=1S/C19H17N5O2/c1-25-16-8-13-15(9-17(16)26-2)21-11-22-19(13)24-18(20)10-14(23-24)12-6-4-3-5-7-12/h3-11H,20H2,1-2H3. The van der Waals surface area contributed by atoms with E-state index in [4.69, 9.17) is 15.2 Å². The van der Waals surface area contributed by atoms with E-state index in [2.05, 4.69) is 15.1 Å². The highest BCUT2D eigenvalue weighted by Gasteiger charge is 2.15. The summed E-state index contributed by atoms with van der Waals surface area (Å²) in [7, 11) is 3.17. The summed E-state index contributed by atoms with van der Waals surface area (Å²) >= 11 is 0. The molecule has 2 N–H and O–H groups in total. The van der Waals surface area contributed by atoms with Crippen LogP contribution in [0.3, 0.4) is 0 Å². The fourth-order valence-corrected chi connectivity index (χ4v) is 2.85.